The van der Waals surface area contributed by atoms with Crippen LogP contribution < -0.4 is 0 Å². The van der Waals surface area contributed by atoms with E-state index < -0.39 is 12.2 Å². The average Bonchev–Trinajstić information content (AvgIpc) is 2.17. The van der Waals surface area contributed by atoms with E-state index >= 15 is 0 Å². The molecule has 0 aliphatic carbocycles. The molecule has 15 heavy (non-hydrogen) atoms. The summed E-state index contributed by atoms with van der Waals surface area (Å²) < 4.78 is 12.8. The predicted molar refractivity (Wildman–Crippen MR) is 57.0 cm³/mol. The molecule has 2 unspecified atom stereocenters. The van der Waals surface area contributed by atoms with Crippen LogP contribution in [0.15, 0.2) is 18.2 Å². The van der Waals surface area contributed by atoms with Gasteiger partial charge in [-0.3, -0.25) is 0 Å². The summed E-state index contributed by atoms with van der Waals surface area (Å²) in [5, 5.41) is 19.4. The van der Waals surface area contributed by atoms with Crippen molar-refractivity contribution in [1.29, 1.82) is 0 Å². The molecule has 0 bridgehead atoms. The van der Waals surface area contributed by atoms with E-state index in [9.17, 15) is 14.6 Å². The molecule has 0 spiro atoms. The Morgan fingerprint density at radius 2 is 2.00 bits per heavy atom. The van der Waals surface area contributed by atoms with Crippen LogP contribution in [0.25, 0.3) is 0 Å². The summed E-state index contributed by atoms with van der Waals surface area (Å²) >= 11 is 0. The van der Waals surface area contributed by atoms with Gasteiger partial charge in [0.15, 0.2) is 0 Å². The Morgan fingerprint density at radius 1 is 1.33 bits per heavy atom. The van der Waals surface area contributed by atoms with Gasteiger partial charge in [-0.05, 0) is 36.6 Å². The van der Waals surface area contributed by atoms with Gasteiger partial charge in [0.1, 0.15) is 11.9 Å². The van der Waals surface area contributed by atoms with Gasteiger partial charge in [0, 0.05) is 0 Å². The van der Waals surface area contributed by atoms with Crippen molar-refractivity contribution in [3.05, 3.63) is 35.1 Å². The summed E-state index contributed by atoms with van der Waals surface area (Å²) in [6.45, 7) is 3.66. The topological polar surface area (TPSA) is 40.5 Å². The summed E-state index contributed by atoms with van der Waals surface area (Å²) in [6, 6.07) is 4.18. The number of rotatable bonds is 4. The van der Waals surface area contributed by atoms with Crippen molar-refractivity contribution in [2.75, 3.05) is 0 Å². The zero-order valence-electron chi connectivity index (χ0n) is 9.07. The molecule has 2 N–H and O–H groups in total. The first kappa shape index (κ1) is 12.1. The molecule has 0 heterocycles. The Hall–Kier alpha value is -0.930. The fourth-order valence-electron chi connectivity index (χ4n) is 1.63. The van der Waals surface area contributed by atoms with Crippen LogP contribution in [0.5, 0.6) is 0 Å². The summed E-state index contributed by atoms with van der Waals surface area (Å²) in [7, 11) is 0. The third-order valence-electron chi connectivity index (χ3n) is 2.50. The molecule has 0 aromatic heterocycles. The van der Waals surface area contributed by atoms with E-state index in [1.807, 2.05) is 6.92 Å². The lowest BCUT2D eigenvalue weighted by molar-refractivity contribution is 0.0127. The normalized spacial score (nSPS) is 15.0. The molecule has 0 amide bonds. The summed E-state index contributed by atoms with van der Waals surface area (Å²) in [5.41, 5.74) is 1.26. The third-order valence-corrected chi connectivity index (χ3v) is 2.50. The Balaban J connectivity index is 2.86. The standard InChI is InChI=1S/C12H17FO2/c1-3-4-11(14)12(15)10-6-5-9(13)7-8(10)2/h5-7,11-12,14-15H,3-4H2,1-2H3. The van der Waals surface area contributed by atoms with E-state index in [2.05, 4.69) is 0 Å². The zero-order valence-corrected chi connectivity index (χ0v) is 9.07. The minimum atomic E-state index is -0.925. The summed E-state index contributed by atoms with van der Waals surface area (Å²) in [6.07, 6.45) is -0.360. The van der Waals surface area contributed by atoms with E-state index in [1.165, 1.54) is 18.2 Å². The van der Waals surface area contributed by atoms with Crippen molar-refractivity contribution in [3.63, 3.8) is 0 Å². The van der Waals surface area contributed by atoms with Gasteiger partial charge in [0.25, 0.3) is 0 Å². The van der Waals surface area contributed by atoms with Crippen LogP contribution in [0, 0.1) is 12.7 Å². The molecule has 2 nitrogen and oxygen atoms in total. The molecule has 0 fully saturated rings. The Kier molecular flexibility index (Phi) is 4.24. The maximum Gasteiger partial charge on any atom is 0.123 e. The smallest absolute Gasteiger partial charge is 0.123 e. The first-order chi connectivity index (χ1) is 7.06. The molecule has 0 saturated carbocycles. The van der Waals surface area contributed by atoms with Crippen LogP contribution in [0.2, 0.25) is 0 Å². The fourth-order valence-corrected chi connectivity index (χ4v) is 1.63. The number of aryl methyl sites for hydroxylation is 1. The molecule has 1 aromatic carbocycles. The van der Waals surface area contributed by atoms with E-state index in [0.29, 0.717) is 17.5 Å². The number of benzene rings is 1. The first-order valence-corrected chi connectivity index (χ1v) is 5.18. The highest BCUT2D eigenvalue weighted by molar-refractivity contribution is 5.29. The summed E-state index contributed by atoms with van der Waals surface area (Å²) in [4.78, 5) is 0. The van der Waals surface area contributed by atoms with Gasteiger partial charge in [0.05, 0.1) is 6.10 Å². The van der Waals surface area contributed by atoms with Gasteiger partial charge < -0.3 is 10.2 Å². The van der Waals surface area contributed by atoms with E-state index in [0.717, 1.165) is 6.42 Å². The molecule has 0 radical (unpaired) electrons. The molecular formula is C12H17FO2. The van der Waals surface area contributed by atoms with E-state index in [1.54, 1.807) is 6.92 Å². The summed E-state index contributed by atoms with van der Waals surface area (Å²) in [5.74, 6) is -0.326. The molecule has 3 heteroatoms. The molecule has 84 valence electrons. The minimum Gasteiger partial charge on any atom is -0.390 e. The Labute approximate surface area is 89.4 Å². The molecular weight excluding hydrogens is 195 g/mol. The minimum absolute atomic E-state index is 0.326. The quantitative estimate of drug-likeness (QED) is 0.804. The SMILES string of the molecule is CCCC(O)C(O)c1ccc(F)cc1C. The first-order valence-electron chi connectivity index (χ1n) is 5.18. The van der Waals surface area contributed by atoms with E-state index in [-0.39, 0.29) is 5.82 Å². The number of aliphatic hydroxyl groups is 2. The highest BCUT2D eigenvalue weighted by Crippen LogP contribution is 2.23. The maximum atomic E-state index is 12.8. The monoisotopic (exact) mass is 212 g/mol. The van der Waals surface area contributed by atoms with Gasteiger partial charge in [-0.2, -0.15) is 0 Å². The Morgan fingerprint density at radius 3 is 2.53 bits per heavy atom. The van der Waals surface area contributed by atoms with Crippen molar-refractivity contribution < 1.29 is 14.6 Å². The highest BCUT2D eigenvalue weighted by Gasteiger charge is 2.19. The number of hydrogen-bond acceptors (Lipinski definition) is 2. The van der Waals surface area contributed by atoms with Crippen LogP contribution in [-0.4, -0.2) is 16.3 Å². The Bertz CT molecular complexity index is 325. The van der Waals surface area contributed by atoms with Gasteiger partial charge in [-0.15, -0.1) is 0 Å². The largest absolute Gasteiger partial charge is 0.390 e. The van der Waals surface area contributed by atoms with Gasteiger partial charge in [-0.25, -0.2) is 4.39 Å². The second-order valence-corrected chi connectivity index (χ2v) is 3.80. The lowest BCUT2D eigenvalue weighted by atomic mass is 9.97. The van der Waals surface area contributed by atoms with Crippen molar-refractivity contribution in [3.8, 4) is 0 Å². The molecule has 0 saturated heterocycles. The lowest BCUT2D eigenvalue weighted by Gasteiger charge is -2.19. The molecule has 1 aromatic rings. The van der Waals surface area contributed by atoms with Crippen LogP contribution in [0.3, 0.4) is 0 Å². The van der Waals surface area contributed by atoms with E-state index in [4.69, 9.17) is 0 Å². The van der Waals surface area contributed by atoms with Gasteiger partial charge in [-0.1, -0.05) is 19.4 Å². The van der Waals surface area contributed by atoms with Crippen molar-refractivity contribution in [1.82, 2.24) is 0 Å². The third kappa shape index (κ3) is 3.01. The van der Waals surface area contributed by atoms with Crippen molar-refractivity contribution in [2.45, 2.75) is 38.9 Å². The van der Waals surface area contributed by atoms with Crippen LogP contribution in [0.4, 0.5) is 4.39 Å². The predicted octanol–water partition coefficient (Wildman–Crippen LogP) is 2.33. The second-order valence-electron chi connectivity index (χ2n) is 3.80. The molecule has 0 aliphatic rings. The molecule has 1 rings (SSSR count). The lowest BCUT2D eigenvalue weighted by Crippen LogP contribution is -2.18. The van der Waals surface area contributed by atoms with Crippen LogP contribution in [-0.2, 0) is 0 Å². The van der Waals surface area contributed by atoms with Gasteiger partial charge in [0.2, 0.25) is 0 Å². The molecule has 0 aliphatic heterocycles. The fraction of sp³-hybridized carbons (Fsp3) is 0.500. The second kappa shape index (κ2) is 5.24. The maximum absolute atomic E-state index is 12.8. The van der Waals surface area contributed by atoms with Crippen molar-refractivity contribution in [2.24, 2.45) is 0 Å². The number of aliphatic hydroxyl groups excluding tert-OH is 2. The number of hydrogen-bond donors (Lipinski definition) is 2. The zero-order chi connectivity index (χ0) is 11.4. The van der Waals surface area contributed by atoms with Gasteiger partial charge >= 0.3 is 0 Å². The van der Waals surface area contributed by atoms with Crippen LogP contribution >= 0.6 is 0 Å². The van der Waals surface area contributed by atoms with Crippen molar-refractivity contribution >= 4 is 0 Å². The highest BCUT2D eigenvalue weighted by atomic mass is 19.1. The average molecular weight is 212 g/mol. The number of halogens is 1. The van der Waals surface area contributed by atoms with Crippen LogP contribution in [0.1, 0.15) is 37.0 Å². The molecule has 2 atom stereocenters.